The number of allylic oxidation sites excluding steroid dienone is 2. The van der Waals surface area contributed by atoms with Crippen LogP contribution in [0.4, 0.5) is 0 Å². The van der Waals surface area contributed by atoms with E-state index in [-0.39, 0.29) is 13.2 Å². The van der Waals surface area contributed by atoms with Crippen LogP contribution in [0.1, 0.15) is 58.3 Å². The fourth-order valence-electron chi connectivity index (χ4n) is 2.89. The maximum Gasteiger partial charge on any atom is 0.114 e. The Morgan fingerprint density at radius 3 is 2.43 bits per heavy atom. The second kappa shape index (κ2) is 12.9. The van der Waals surface area contributed by atoms with E-state index in [0.717, 1.165) is 12.8 Å². The van der Waals surface area contributed by atoms with Crippen molar-refractivity contribution >= 4 is 0 Å². The molecule has 5 nitrogen and oxygen atoms in total. The average molecular weight is 330 g/mol. The highest BCUT2D eigenvalue weighted by molar-refractivity contribution is 4.89. The smallest absolute Gasteiger partial charge is 0.114 e. The molecule has 0 amide bonds. The zero-order chi connectivity index (χ0) is 16.9. The lowest BCUT2D eigenvalue weighted by Gasteiger charge is -2.23. The Balaban J connectivity index is 1.99. The van der Waals surface area contributed by atoms with Crippen molar-refractivity contribution in [3.8, 4) is 0 Å². The van der Waals surface area contributed by atoms with Crippen molar-refractivity contribution < 1.29 is 24.8 Å². The van der Waals surface area contributed by atoms with Crippen molar-refractivity contribution in [1.29, 1.82) is 0 Å². The van der Waals surface area contributed by atoms with Crippen molar-refractivity contribution in [1.82, 2.24) is 0 Å². The molecule has 0 aromatic carbocycles. The molecule has 0 bridgehead atoms. The molecule has 1 aliphatic rings. The molecule has 136 valence electrons. The fourth-order valence-corrected chi connectivity index (χ4v) is 2.89. The molecule has 23 heavy (non-hydrogen) atoms. The molecule has 0 spiro atoms. The van der Waals surface area contributed by atoms with Crippen molar-refractivity contribution in [3.05, 3.63) is 12.2 Å². The SMILES string of the molecule is C/C=C/CCCCCCCCCO[C@H]1[C@@H]([C@@H](O)CO)OC[C@H]1O. The van der Waals surface area contributed by atoms with Crippen LogP contribution in [0.25, 0.3) is 0 Å². The van der Waals surface area contributed by atoms with Gasteiger partial charge in [0.15, 0.2) is 0 Å². The van der Waals surface area contributed by atoms with E-state index < -0.39 is 24.4 Å². The Morgan fingerprint density at radius 2 is 1.78 bits per heavy atom. The molecule has 1 aliphatic heterocycles. The lowest BCUT2D eigenvalue weighted by molar-refractivity contribution is -0.0938. The van der Waals surface area contributed by atoms with Crippen LogP contribution < -0.4 is 0 Å². The van der Waals surface area contributed by atoms with Crippen LogP contribution in [0.5, 0.6) is 0 Å². The normalized spacial score (nSPS) is 26.2. The van der Waals surface area contributed by atoms with Crippen molar-refractivity contribution in [2.45, 2.75) is 82.7 Å². The summed E-state index contributed by atoms with van der Waals surface area (Å²) in [6, 6.07) is 0. The van der Waals surface area contributed by atoms with Crippen LogP contribution >= 0.6 is 0 Å². The van der Waals surface area contributed by atoms with Gasteiger partial charge in [-0.2, -0.15) is 0 Å². The maximum atomic E-state index is 9.82. The molecule has 0 aliphatic carbocycles. The van der Waals surface area contributed by atoms with E-state index in [2.05, 4.69) is 19.1 Å². The van der Waals surface area contributed by atoms with Crippen LogP contribution in [0.15, 0.2) is 12.2 Å². The molecule has 0 aromatic rings. The lowest BCUT2D eigenvalue weighted by Crippen LogP contribution is -2.42. The number of unbranched alkanes of at least 4 members (excludes halogenated alkanes) is 7. The highest BCUT2D eigenvalue weighted by atomic mass is 16.6. The first kappa shape index (κ1) is 20.6. The Hall–Kier alpha value is -0.460. The summed E-state index contributed by atoms with van der Waals surface area (Å²) in [4.78, 5) is 0. The highest BCUT2D eigenvalue weighted by Crippen LogP contribution is 2.21. The Morgan fingerprint density at radius 1 is 1.13 bits per heavy atom. The second-order valence-electron chi connectivity index (χ2n) is 6.28. The van der Waals surface area contributed by atoms with Gasteiger partial charge in [-0.1, -0.05) is 44.3 Å². The van der Waals surface area contributed by atoms with Gasteiger partial charge in [-0.25, -0.2) is 0 Å². The van der Waals surface area contributed by atoms with E-state index in [0.29, 0.717) is 6.61 Å². The summed E-state index contributed by atoms with van der Waals surface area (Å²) < 4.78 is 11.0. The largest absolute Gasteiger partial charge is 0.394 e. The Labute approximate surface area is 140 Å². The van der Waals surface area contributed by atoms with Gasteiger partial charge in [0.25, 0.3) is 0 Å². The molecule has 0 unspecified atom stereocenters. The van der Waals surface area contributed by atoms with Crippen LogP contribution in [0, 0.1) is 0 Å². The zero-order valence-electron chi connectivity index (χ0n) is 14.4. The summed E-state index contributed by atoms with van der Waals surface area (Å²) in [5, 5.41) is 28.5. The molecular formula is C18H34O5. The van der Waals surface area contributed by atoms with Crippen molar-refractivity contribution in [2.24, 2.45) is 0 Å². The number of aliphatic hydroxyl groups excluding tert-OH is 3. The van der Waals surface area contributed by atoms with E-state index in [1.807, 2.05) is 0 Å². The molecule has 1 heterocycles. The molecule has 1 fully saturated rings. The van der Waals surface area contributed by atoms with E-state index >= 15 is 0 Å². The molecule has 5 heteroatoms. The number of rotatable bonds is 13. The summed E-state index contributed by atoms with van der Waals surface area (Å²) in [5.74, 6) is 0. The number of hydrogen-bond acceptors (Lipinski definition) is 5. The van der Waals surface area contributed by atoms with E-state index in [1.165, 1.54) is 38.5 Å². The van der Waals surface area contributed by atoms with Crippen LogP contribution in [0.3, 0.4) is 0 Å². The van der Waals surface area contributed by atoms with Gasteiger partial charge in [-0.3, -0.25) is 0 Å². The molecule has 1 rings (SSSR count). The number of aliphatic hydroxyl groups is 3. The van der Waals surface area contributed by atoms with E-state index in [1.54, 1.807) is 0 Å². The monoisotopic (exact) mass is 330 g/mol. The molecular weight excluding hydrogens is 296 g/mol. The minimum Gasteiger partial charge on any atom is -0.394 e. The first-order valence-electron chi connectivity index (χ1n) is 9.02. The van der Waals surface area contributed by atoms with Gasteiger partial charge in [0, 0.05) is 6.61 Å². The minimum absolute atomic E-state index is 0.152. The molecule has 0 aromatic heterocycles. The first-order chi connectivity index (χ1) is 11.2. The minimum atomic E-state index is -1.00. The number of ether oxygens (including phenoxy) is 2. The Bertz CT molecular complexity index is 308. The third kappa shape index (κ3) is 8.27. The Kier molecular flexibility index (Phi) is 11.5. The number of hydrogen-bond donors (Lipinski definition) is 3. The summed E-state index contributed by atoms with van der Waals surface area (Å²) in [6.07, 6.45) is 11.0. The summed E-state index contributed by atoms with van der Waals surface area (Å²) in [6.45, 7) is 2.39. The van der Waals surface area contributed by atoms with E-state index in [9.17, 15) is 10.2 Å². The lowest BCUT2D eigenvalue weighted by atomic mass is 10.1. The highest BCUT2D eigenvalue weighted by Gasteiger charge is 2.40. The van der Waals surface area contributed by atoms with E-state index in [4.69, 9.17) is 14.6 Å². The quantitative estimate of drug-likeness (QED) is 0.356. The summed E-state index contributed by atoms with van der Waals surface area (Å²) >= 11 is 0. The third-order valence-corrected chi connectivity index (χ3v) is 4.29. The van der Waals surface area contributed by atoms with Gasteiger partial charge >= 0.3 is 0 Å². The van der Waals surface area contributed by atoms with Crippen molar-refractivity contribution in [2.75, 3.05) is 19.8 Å². The predicted octanol–water partition coefficient (Wildman–Crippen LogP) is 2.18. The third-order valence-electron chi connectivity index (χ3n) is 4.29. The van der Waals surface area contributed by atoms with Crippen LogP contribution in [-0.2, 0) is 9.47 Å². The molecule has 1 saturated heterocycles. The fraction of sp³-hybridized carbons (Fsp3) is 0.889. The molecule has 0 radical (unpaired) electrons. The zero-order valence-corrected chi connectivity index (χ0v) is 14.4. The summed E-state index contributed by atoms with van der Waals surface area (Å²) in [5.41, 5.74) is 0. The predicted molar refractivity (Wildman–Crippen MR) is 90.3 cm³/mol. The van der Waals surface area contributed by atoms with Crippen LogP contribution in [0.2, 0.25) is 0 Å². The van der Waals surface area contributed by atoms with Crippen molar-refractivity contribution in [3.63, 3.8) is 0 Å². The van der Waals surface area contributed by atoms with Crippen LogP contribution in [-0.4, -0.2) is 59.6 Å². The van der Waals surface area contributed by atoms with Gasteiger partial charge in [0.1, 0.15) is 24.4 Å². The molecule has 4 atom stereocenters. The first-order valence-corrected chi connectivity index (χ1v) is 9.02. The second-order valence-corrected chi connectivity index (χ2v) is 6.28. The topological polar surface area (TPSA) is 79.2 Å². The van der Waals surface area contributed by atoms with Gasteiger partial charge in [0.05, 0.1) is 13.2 Å². The standard InChI is InChI=1S/C18H34O5/c1-2-3-4-5-6-7-8-9-10-11-12-22-18-16(21)14-23-17(18)15(20)13-19/h2-3,15-21H,4-14H2,1H3/b3-2+/t15-,16+,17+,18+/m0/s1. The van der Waals surface area contributed by atoms with Gasteiger partial charge < -0.3 is 24.8 Å². The average Bonchev–Trinajstić information content (AvgIpc) is 2.93. The van der Waals surface area contributed by atoms with Gasteiger partial charge in [-0.05, 0) is 26.2 Å². The van der Waals surface area contributed by atoms with Gasteiger partial charge in [0.2, 0.25) is 0 Å². The maximum absolute atomic E-state index is 9.82. The molecule has 0 saturated carbocycles. The summed E-state index contributed by atoms with van der Waals surface area (Å²) in [7, 11) is 0. The van der Waals surface area contributed by atoms with Gasteiger partial charge in [-0.15, -0.1) is 0 Å². The molecule has 3 N–H and O–H groups in total.